The molecule has 2 nitrogen and oxygen atoms in total. The molecule has 0 heterocycles. The van der Waals surface area contributed by atoms with Crippen molar-refractivity contribution in [3.05, 3.63) is 0 Å². The average molecular weight is 206 g/mol. The van der Waals surface area contributed by atoms with Gasteiger partial charge >= 0.3 is 51.5 Å². The van der Waals surface area contributed by atoms with E-state index in [4.69, 9.17) is 5.11 Å². The van der Waals surface area contributed by atoms with E-state index in [2.05, 4.69) is 6.92 Å². The quantitative estimate of drug-likeness (QED) is 0.558. The van der Waals surface area contributed by atoms with Gasteiger partial charge in [-0.3, -0.25) is 4.79 Å². The molecule has 0 amide bonds. The molecule has 0 fully saturated rings. The van der Waals surface area contributed by atoms with E-state index >= 15 is 0 Å². The zero-order valence-electron chi connectivity index (χ0n) is 7.89. The first kappa shape index (κ1) is 12.6. The molecule has 9 heavy (non-hydrogen) atoms. The Kier molecular flexibility index (Phi) is 12.5. The number of rotatable bonds is 4. The van der Waals surface area contributed by atoms with Gasteiger partial charge in [0.25, 0.3) is 0 Å². The summed E-state index contributed by atoms with van der Waals surface area (Å²) < 4.78 is 0. The molecule has 0 spiro atoms. The van der Waals surface area contributed by atoms with Gasteiger partial charge in [-0.25, -0.2) is 0 Å². The average Bonchev–Trinajstić information content (AvgIpc) is 1.66. The van der Waals surface area contributed by atoms with Crippen LogP contribution in [0.3, 0.4) is 0 Å². The van der Waals surface area contributed by atoms with Gasteiger partial charge in [0.05, 0.1) is 0 Å². The van der Waals surface area contributed by atoms with Crippen LogP contribution in [-0.2, 0) is 4.79 Å². The maximum atomic E-state index is 9.87. The smallest absolute Gasteiger partial charge is 1.00 e. The standard InChI is InChI=1S/C6H12O2.Sr.2H/c1-2-3-4-5-6(7)8;;;/h2-5H2,1H3,(H,7,8);;;/q;+2;2*-1. The summed E-state index contributed by atoms with van der Waals surface area (Å²) in [5, 5.41) is 8.14. The van der Waals surface area contributed by atoms with Crippen molar-refractivity contribution in [1.82, 2.24) is 0 Å². The zero-order chi connectivity index (χ0) is 6.41. The molecule has 0 aromatic heterocycles. The summed E-state index contributed by atoms with van der Waals surface area (Å²) >= 11 is 0. The largest absolute Gasteiger partial charge is 2.00 e. The maximum absolute atomic E-state index is 9.87. The summed E-state index contributed by atoms with van der Waals surface area (Å²) in [7, 11) is 0. The van der Waals surface area contributed by atoms with Gasteiger partial charge < -0.3 is 7.96 Å². The first-order valence-electron chi connectivity index (χ1n) is 2.99. The van der Waals surface area contributed by atoms with Crippen LogP contribution in [0.2, 0.25) is 0 Å². The Balaban J connectivity index is -0.0000000817. The monoisotopic (exact) mass is 206 g/mol. The second kappa shape index (κ2) is 8.95. The van der Waals surface area contributed by atoms with Gasteiger partial charge in [0.15, 0.2) is 0 Å². The van der Waals surface area contributed by atoms with Gasteiger partial charge in [-0.15, -0.1) is 0 Å². The van der Waals surface area contributed by atoms with Crippen molar-refractivity contribution in [2.24, 2.45) is 0 Å². The number of carboxylic acid groups (broad SMARTS) is 1. The van der Waals surface area contributed by atoms with Crippen molar-refractivity contribution < 1.29 is 12.8 Å². The second-order valence-electron chi connectivity index (χ2n) is 1.85. The molecule has 0 atom stereocenters. The van der Waals surface area contributed by atoms with E-state index in [1.165, 1.54) is 0 Å². The number of unbranched alkanes of at least 4 members (excludes halogenated alkanes) is 2. The Morgan fingerprint density at radius 1 is 1.56 bits per heavy atom. The minimum Gasteiger partial charge on any atom is -1.00 e. The van der Waals surface area contributed by atoms with Crippen LogP contribution in [0.1, 0.15) is 35.5 Å². The van der Waals surface area contributed by atoms with Crippen LogP contribution < -0.4 is 0 Å². The first-order chi connectivity index (χ1) is 3.77. The minimum absolute atomic E-state index is 0. The number of aliphatic carboxylic acids is 1. The molecular weight excluding hydrogens is 192 g/mol. The molecule has 1 N–H and O–H groups in total. The Labute approximate surface area is 95.9 Å². The fourth-order valence-corrected chi connectivity index (χ4v) is 0.526. The normalized spacial score (nSPS) is 8.11. The van der Waals surface area contributed by atoms with E-state index in [1.54, 1.807) is 0 Å². The van der Waals surface area contributed by atoms with E-state index in [1.807, 2.05) is 0 Å². The fraction of sp³-hybridized carbons (Fsp3) is 0.833. The minimum atomic E-state index is -0.682. The van der Waals surface area contributed by atoms with Crippen molar-refractivity contribution in [2.45, 2.75) is 32.6 Å². The van der Waals surface area contributed by atoms with Gasteiger partial charge in [0.2, 0.25) is 0 Å². The molecule has 0 aromatic rings. The summed E-state index contributed by atoms with van der Waals surface area (Å²) in [6.45, 7) is 2.06. The second-order valence-corrected chi connectivity index (χ2v) is 1.85. The van der Waals surface area contributed by atoms with Crippen molar-refractivity contribution in [2.75, 3.05) is 0 Å². The van der Waals surface area contributed by atoms with Gasteiger partial charge in [0, 0.05) is 6.42 Å². The van der Waals surface area contributed by atoms with Crippen LogP contribution in [0.5, 0.6) is 0 Å². The van der Waals surface area contributed by atoms with Crippen LogP contribution in [0, 0.1) is 0 Å². The molecular formula is C6H14O2Sr. The van der Waals surface area contributed by atoms with Crippen molar-refractivity contribution >= 4 is 51.5 Å². The number of hydrogen-bond acceptors (Lipinski definition) is 1. The van der Waals surface area contributed by atoms with Crippen molar-refractivity contribution in [3.8, 4) is 0 Å². The van der Waals surface area contributed by atoms with Crippen LogP contribution in [0.15, 0.2) is 0 Å². The number of hydrogen-bond donors (Lipinski definition) is 1. The van der Waals surface area contributed by atoms with Crippen LogP contribution in [0.25, 0.3) is 0 Å². The molecule has 0 unspecified atom stereocenters. The molecule has 0 aliphatic heterocycles. The number of carboxylic acids is 1. The van der Waals surface area contributed by atoms with Crippen molar-refractivity contribution in [3.63, 3.8) is 0 Å². The SMILES string of the molecule is CCCCCC(=O)O.[H-].[H-].[Sr+2]. The third-order valence-corrected chi connectivity index (χ3v) is 0.994. The van der Waals surface area contributed by atoms with Crippen molar-refractivity contribution in [1.29, 1.82) is 0 Å². The third kappa shape index (κ3) is 12.2. The van der Waals surface area contributed by atoms with Gasteiger partial charge in [0.1, 0.15) is 0 Å². The molecule has 3 heteroatoms. The summed E-state index contributed by atoms with van der Waals surface area (Å²) in [5.41, 5.74) is 0. The predicted octanol–water partition coefficient (Wildman–Crippen LogP) is 1.50. The number of carbonyl (C=O) groups is 1. The zero-order valence-corrected chi connectivity index (χ0v) is 9.37. The van der Waals surface area contributed by atoms with Gasteiger partial charge in [-0.05, 0) is 6.42 Å². The Morgan fingerprint density at radius 2 is 2.11 bits per heavy atom. The molecule has 52 valence electrons. The summed E-state index contributed by atoms with van der Waals surface area (Å²) in [6.07, 6.45) is 3.28. The molecule has 0 radical (unpaired) electrons. The van der Waals surface area contributed by atoms with E-state index < -0.39 is 5.97 Å². The Hall–Kier alpha value is 0.951. The molecule has 0 rings (SSSR count). The molecule has 0 aliphatic rings. The Morgan fingerprint density at radius 3 is 2.44 bits per heavy atom. The summed E-state index contributed by atoms with van der Waals surface area (Å²) in [5.74, 6) is -0.682. The van der Waals surface area contributed by atoms with E-state index in [9.17, 15) is 4.79 Å². The maximum Gasteiger partial charge on any atom is 2.00 e. The molecule has 0 saturated heterocycles. The summed E-state index contributed by atoms with van der Waals surface area (Å²) in [6, 6.07) is 0. The molecule has 0 aromatic carbocycles. The van der Waals surface area contributed by atoms with Gasteiger partial charge in [-0.2, -0.15) is 0 Å². The summed E-state index contributed by atoms with van der Waals surface area (Å²) in [4.78, 5) is 9.87. The van der Waals surface area contributed by atoms with E-state index in [-0.39, 0.29) is 48.3 Å². The van der Waals surface area contributed by atoms with Gasteiger partial charge in [-0.1, -0.05) is 19.8 Å². The molecule has 0 bridgehead atoms. The first-order valence-corrected chi connectivity index (χ1v) is 2.99. The van der Waals surface area contributed by atoms with Crippen LogP contribution >= 0.6 is 0 Å². The molecule has 0 aliphatic carbocycles. The predicted molar refractivity (Wildman–Crippen MR) is 39.8 cm³/mol. The van der Waals surface area contributed by atoms with Crippen LogP contribution in [-0.4, -0.2) is 56.6 Å². The van der Waals surface area contributed by atoms with Crippen LogP contribution in [0.4, 0.5) is 0 Å². The fourth-order valence-electron chi connectivity index (χ4n) is 0.526. The third-order valence-electron chi connectivity index (χ3n) is 0.994. The topological polar surface area (TPSA) is 37.3 Å². The van der Waals surface area contributed by atoms with E-state index in [0.717, 1.165) is 19.3 Å². The Bertz CT molecular complexity index is 81.0. The van der Waals surface area contributed by atoms with E-state index in [0.29, 0.717) is 6.42 Å². The molecule has 0 saturated carbocycles.